The number of esters is 4. The van der Waals surface area contributed by atoms with Crippen molar-refractivity contribution in [3.05, 3.63) is 0 Å². The second kappa shape index (κ2) is 5.58. The molecule has 2 saturated heterocycles. The van der Waals surface area contributed by atoms with E-state index in [1.54, 1.807) is 0 Å². The molecule has 0 aromatic heterocycles. The van der Waals surface area contributed by atoms with Crippen LogP contribution in [0.1, 0.15) is 44.9 Å². The molecule has 3 fully saturated rings. The third-order valence-corrected chi connectivity index (χ3v) is 4.87. The van der Waals surface area contributed by atoms with Crippen molar-refractivity contribution < 1.29 is 28.7 Å². The fourth-order valence-electron chi connectivity index (χ4n) is 3.63. The van der Waals surface area contributed by atoms with Gasteiger partial charge in [0.25, 0.3) is 0 Å². The van der Waals surface area contributed by atoms with Gasteiger partial charge in [0, 0.05) is 0 Å². The second-order valence-corrected chi connectivity index (χ2v) is 6.18. The number of ether oxygens (including phenoxy) is 2. The van der Waals surface area contributed by atoms with Crippen molar-refractivity contribution in [3.63, 3.8) is 0 Å². The third kappa shape index (κ3) is 2.71. The average molecular weight is 294 g/mol. The van der Waals surface area contributed by atoms with Crippen LogP contribution in [0.2, 0.25) is 0 Å². The van der Waals surface area contributed by atoms with Gasteiger partial charge in [0.05, 0.1) is 23.7 Å². The van der Waals surface area contributed by atoms with Gasteiger partial charge in [-0.3, -0.25) is 19.2 Å². The maximum absolute atomic E-state index is 11.8. The molecule has 0 aromatic rings. The summed E-state index contributed by atoms with van der Waals surface area (Å²) < 4.78 is 9.56. The first-order valence-electron chi connectivity index (χ1n) is 7.57. The summed E-state index contributed by atoms with van der Waals surface area (Å²) in [6, 6.07) is 0. The first-order chi connectivity index (χ1) is 10.1. The molecule has 4 atom stereocenters. The lowest BCUT2D eigenvalue weighted by molar-refractivity contribution is -0.172. The fraction of sp³-hybridized carbons (Fsp3) is 0.733. The highest BCUT2D eigenvalue weighted by atomic mass is 16.6. The molecule has 6 heteroatoms. The smallest absolute Gasteiger partial charge is 0.317 e. The Hall–Kier alpha value is -1.72. The Labute approximate surface area is 122 Å². The van der Waals surface area contributed by atoms with Crippen LogP contribution in [0.15, 0.2) is 0 Å². The number of carbonyl (C=O) groups is 4. The Morgan fingerprint density at radius 1 is 0.619 bits per heavy atom. The maximum atomic E-state index is 11.8. The average Bonchev–Trinajstić information content (AvgIpc) is 2.67. The molecule has 6 nitrogen and oxygen atoms in total. The van der Waals surface area contributed by atoms with E-state index in [1.807, 2.05) is 0 Å². The number of cyclic esters (lactones) is 4. The molecule has 2 aliphatic heterocycles. The number of hydrogen-bond donors (Lipinski definition) is 0. The lowest BCUT2D eigenvalue weighted by Gasteiger charge is -2.26. The maximum Gasteiger partial charge on any atom is 0.317 e. The molecule has 2 heterocycles. The van der Waals surface area contributed by atoms with Crippen molar-refractivity contribution in [1.82, 2.24) is 0 Å². The van der Waals surface area contributed by atoms with Crippen molar-refractivity contribution in [2.75, 3.05) is 0 Å². The molecule has 3 aliphatic rings. The Bertz CT molecular complexity index is 496. The van der Waals surface area contributed by atoms with Crippen molar-refractivity contribution in [2.24, 2.45) is 23.7 Å². The Balaban J connectivity index is 1.77. The van der Waals surface area contributed by atoms with Crippen LogP contribution in [-0.4, -0.2) is 23.9 Å². The van der Waals surface area contributed by atoms with E-state index in [1.165, 1.54) is 0 Å². The van der Waals surface area contributed by atoms with Gasteiger partial charge in [0.15, 0.2) is 0 Å². The summed E-state index contributed by atoms with van der Waals surface area (Å²) in [6.45, 7) is 0. The number of rotatable bonds is 0. The molecule has 114 valence electrons. The minimum atomic E-state index is -0.496. The van der Waals surface area contributed by atoms with Crippen LogP contribution in [0, 0.1) is 23.7 Å². The lowest BCUT2D eigenvalue weighted by atomic mass is 9.83. The largest absolute Gasteiger partial charge is 0.393 e. The first-order valence-corrected chi connectivity index (χ1v) is 7.57. The van der Waals surface area contributed by atoms with Gasteiger partial charge in [0.1, 0.15) is 0 Å². The van der Waals surface area contributed by atoms with Gasteiger partial charge in [-0.25, -0.2) is 0 Å². The summed E-state index contributed by atoms with van der Waals surface area (Å²) >= 11 is 0. The van der Waals surface area contributed by atoms with E-state index >= 15 is 0 Å². The molecular weight excluding hydrogens is 276 g/mol. The highest BCUT2D eigenvalue weighted by molar-refractivity contribution is 5.96. The SMILES string of the molecule is O=C1OC(=O)C2CCC3C(=O)OC(=O)C3CCCCC1C2. The third-order valence-electron chi connectivity index (χ3n) is 4.87. The van der Waals surface area contributed by atoms with Gasteiger partial charge < -0.3 is 9.47 Å². The summed E-state index contributed by atoms with van der Waals surface area (Å²) in [6.07, 6.45) is 4.23. The van der Waals surface area contributed by atoms with Crippen molar-refractivity contribution in [1.29, 1.82) is 0 Å². The number of hydrogen-bond acceptors (Lipinski definition) is 6. The zero-order valence-corrected chi connectivity index (χ0v) is 11.7. The topological polar surface area (TPSA) is 86.7 Å². The van der Waals surface area contributed by atoms with Gasteiger partial charge in [-0.2, -0.15) is 0 Å². The Morgan fingerprint density at radius 3 is 1.86 bits per heavy atom. The van der Waals surface area contributed by atoms with Gasteiger partial charge in [-0.05, 0) is 32.1 Å². The molecule has 0 aromatic carbocycles. The minimum absolute atomic E-state index is 0.228. The molecule has 1 aliphatic carbocycles. The van der Waals surface area contributed by atoms with E-state index < -0.39 is 29.8 Å². The second-order valence-electron chi connectivity index (χ2n) is 6.18. The van der Waals surface area contributed by atoms with Crippen LogP contribution in [0.3, 0.4) is 0 Å². The molecule has 2 bridgehead atoms. The van der Waals surface area contributed by atoms with Crippen molar-refractivity contribution >= 4 is 23.9 Å². The zero-order valence-electron chi connectivity index (χ0n) is 11.7. The molecular formula is C15H18O6. The normalized spacial score (nSPS) is 37.3. The van der Waals surface area contributed by atoms with Crippen LogP contribution >= 0.6 is 0 Å². The summed E-state index contributed by atoms with van der Waals surface area (Å²) in [5.41, 5.74) is 0. The summed E-state index contributed by atoms with van der Waals surface area (Å²) in [5.74, 6) is -3.24. The lowest BCUT2D eigenvalue weighted by Crippen LogP contribution is -2.35. The monoisotopic (exact) mass is 294 g/mol. The predicted octanol–water partition coefficient (Wildman–Crippen LogP) is 1.36. The van der Waals surface area contributed by atoms with Crippen LogP contribution in [0.25, 0.3) is 0 Å². The molecule has 0 amide bonds. The summed E-state index contributed by atoms with van der Waals surface area (Å²) in [7, 11) is 0. The van der Waals surface area contributed by atoms with Crippen molar-refractivity contribution in [2.45, 2.75) is 44.9 Å². The first kappa shape index (κ1) is 14.2. The molecule has 3 rings (SSSR count). The minimum Gasteiger partial charge on any atom is -0.393 e. The molecule has 0 N–H and O–H groups in total. The molecule has 21 heavy (non-hydrogen) atoms. The van der Waals surface area contributed by atoms with Gasteiger partial charge >= 0.3 is 23.9 Å². The zero-order chi connectivity index (χ0) is 15.0. The van der Waals surface area contributed by atoms with Gasteiger partial charge in [-0.15, -0.1) is 0 Å². The van der Waals surface area contributed by atoms with Crippen LogP contribution < -0.4 is 0 Å². The quantitative estimate of drug-likeness (QED) is 0.495. The molecule has 0 radical (unpaired) electrons. The highest BCUT2D eigenvalue weighted by Crippen LogP contribution is 2.37. The fourth-order valence-corrected chi connectivity index (χ4v) is 3.63. The standard InChI is InChI=1S/C15H18O6/c16-12-8-3-1-2-4-10-11(15(19)21-14(10)18)6-5-9(7-8)13(17)20-12/h8-11H,1-7H2. The predicted molar refractivity (Wildman–Crippen MR) is 68.5 cm³/mol. The van der Waals surface area contributed by atoms with Crippen LogP contribution in [0.5, 0.6) is 0 Å². The van der Waals surface area contributed by atoms with Gasteiger partial charge in [0.2, 0.25) is 0 Å². The molecule has 1 saturated carbocycles. The highest BCUT2D eigenvalue weighted by Gasteiger charge is 2.45. The Kier molecular flexibility index (Phi) is 3.78. The summed E-state index contributed by atoms with van der Waals surface area (Å²) in [5, 5.41) is 0. The van der Waals surface area contributed by atoms with E-state index in [-0.39, 0.29) is 17.8 Å². The van der Waals surface area contributed by atoms with E-state index in [4.69, 9.17) is 9.47 Å². The van der Waals surface area contributed by atoms with E-state index in [9.17, 15) is 19.2 Å². The summed E-state index contributed by atoms with van der Waals surface area (Å²) in [4.78, 5) is 47.0. The van der Waals surface area contributed by atoms with Crippen molar-refractivity contribution in [3.8, 4) is 0 Å². The molecule has 4 unspecified atom stereocenters. The van der Waals surface area contributed by atoms with E-state index in [2.05, 4.69) is 0 Å². The van der Waals surface area contributed by atoms with Crippen LogP contribution in [0.4, 0.5) is 0 Å². The van der Waals surface area contributed by atoms with E-state index in [0.717, 1.165) is 12.8 Å². The molecule has 0 spiro atoms. The number of carbonyl (C=O) groups excluding carboxylic acids is 4. The Morgan fingerprint density at radius 2 is 1.14 bits per heavy atom. The van der Waals surface area contributed by atoms with Crippen LogP contribution in [-0.2, 0) is 28.7 Å². The van der Waals surface area contributed by atoms with Gasteiger partial charge in [-0.1, -0.05) is 12.8 Å². The van der Waals surface area contributed by atoms with E-state index in [0.29, 0.717) is 32.1 Å². The number of fused-ring (bicyclic) bond motifs is 3.